The molecule has 1 aromatic heterocycles. The van der Waals surface area contributed by atoms with E-state index in [1.54, 1.807) is 6.20 Å². The van der Waals surface area contributed by atoms with Crippen molar-refractivity contribution in [3.05, 3.63) is 29.6 Å². The molecule has 0 radical (unpaired) electrons. The van der Waals surface area contributed by atoms with E-state index >= 15 is 0 Å². The van der Waals surface area contributed by atoms with Crippen molar-refractivity contribution in [2.45, 2.75) is 44.6 Å². The predicted octanol–water partition coefficient (Wildman–Crippen LogP) is 1.97. The third kappa shape index (κ3) is 2.75. The van der Waals surface area contributed by atoms with Gasteiger partial charge in [0.05, 0.1) is 5.71 Å². The largest absolute Gasteiger partial charge is 0.335 e. The van der Waals surface area contributed by atoms with E-state index in [1.807, 2.05) is 12.1 Å². The average Bonchev–Trinajstić information content (AvgIpc) is 3.05. The molecule has 0 aliphatic heterocycles. The third-order valence-electron chi connectivity index (χ3n) is 3.78. The first-order chi connectivity index (χ1) is 9.33. The van der Waals surface area contributed by atoms with Crippen LogP contribution in [0, 0.1) is 0 Å². The quantitative estimate of drug-likeness (QED) is 0.796. The summed E-state index contributed by atoms with van der Waals surface area (Å²) in [6.07, 6.45) is 8.11. The molecule has 1 fully saturated rings. The van der Waals surface area contributed by atoms with E-state index in [0.29, 0.717) is 6.04 Å². The lowest BCUT2D eigenvalue weighted by molar-refractivity contribution is 0.237. The molecule has 1 heterocycles. The van der Waals surface area contributed by atoms with Crippen molar-refractivity contribution in [1.82, 2.24) is 15.7 Å². The first-order valence-electron chi connectivity index (χ1n) is 6.90. The highest BCUT2D eigenvalue weighted by Gasteiger charge is 2.19. The SMILES string of the molecule is O=C(N/N=C1/CCc2ncccc21)NC1CCCC1. The van der Waals surface area contributed by atoms with Crippen molar-refractivity contribution in [2.24, 2.45) is 5.10 Å². The average molecular weight is 258 g/mol. The molecule has 1 saturated carbocycles. The number of urea groups is 1. The van der Waals surface area contributed by atoms with Crippen LogP contribution in [0.3, 0.4) is 0 Å². The zero-order valence-corrected chi connectivity index (χ0v) is 10.9. The van der Waals surface area contributed by atoms with Crippen molar-refractivity contribution >= 4 is 11.7 Å². The van der Waals surface area contributed by atoms with Crippen LogP contribution in [0.25, 0.3) is 0 Å². The summed E-state index contributed by atoms with van der Waals surface area (Å²) in [7, 11) is 0. The molecule has 2 aliphatic carbocycles. The molecule has 0 unspecified atom stereocenters. The van der Waals surface area contributed by atoms with Gasteiger partial charge >= 0.3 is 6.03 Å². The Morgan fingerprint density at radius 2 is 2.16 bits per heavy atom. The summed E-state index contributed by atoms with van der Waals surface area (Å²) < 4.78 is 0. The number of aryl methyl sites for hydroxylation is 1. The van der Waals surface area contributed by atoms with Gasteiger partial charge < -0.3 is 5.32 Å². The van der Waals surface area contributed by atoms with Crippen molar-refractivity contribution in [3.8, 4) is 0 Å². The minimum absolute atomic E-state index is 0.197. The van der Waals surface area contributed by atoms with E-state index < -0.39 is 0 Å². The van der Waals surface area contributed by atoms with Crippen LogP contribution in [-0.4, -0.2) is 22.8 Å². The van der Waals surface area contributed by atoms with E-state index in [0.717, 1.165) is 42.7 Å². The van der Waals surface area contributed by atoms with Crippen LogP contribution in [0.4, 0.5) is 4.79 Å². The summed E-state index contributed by atoms with van der Waals surface area (Å²) in [6.45, 7) is 0. The standard InChI is InChI=1S/C14H18N4O/c19-14(16-10-4-1-2-5-10)18-17-13-8-7-12-11(13)6-3-9-15-12/h3,6,9-10H,1-2,4-5,7-8H2,(H2,16,18,19)/b17-13-. The van der Waals surface area contributed by atoms with Crippen LogP contribution in [0.2, 0.25) is 0 Å². The summed E-state index contributed by atoms with van der Waals surface area (Å²) in [4.78, 5) is 16.0. The second-order valence-electron chi connectivity index (χ2n) is 5.12. The van der Waals surface area contributed by atoms with Gasteiger partial charge in [0.15, 0.2) is 0 Å². The molecule has 2 aliphatic rings. The maximum atomic E-state index is 11.7. The first-order valence-corrected chi connectivity index (χ1v) is 6.90. The Labute approximate surface area is 112 Å². The van der Waals surface area contributed by atoms with E-state index in [2.05, 4.69) is 20.8 Å². The van der Waals surface area contributed by atoms with Crippen molar-refractivity contribution < 1.29 is 4.79 Å². The Balaban J connectivity index is 1.59. The van der Waals surface area contributed by atoms with Crippen LogP contribution >= 0.6 is 0 Å². The topological polar surface area (TPSA) is 66.4 Å². The monoisotopic (exact) mass is 258 g/mol. The van der Waals surface area contributed by atoms with Crippen molar-refractivity contribution in [2.75, 3.05) is 0 Å². The Hall–Kier alpha value is -1.91. The molecular weight excluding hydrogens is 240 g/mol. The van der Waals surface area contributed by atoms with Gasteiger partial charge in [-0.3, -0.25) is 4.98 Å². The molecule has 1 aromatic rings. The van der Waals surface area contributed by atoms with Crippen LogP contribution in [0.15, 0.2) is 23.4 Å². The molecule has 100 valence electrons. The Kier molecular flexibility index (Phi) is 3.44. The number of fused-ring (bicyclic) bond motifs is 1. The molecule has 5 nitrogen and oxygen atoms in total. The molecular formula is C14H18N4O. The number of rotatable bonds is 2. The summed E-state index contributed by atoms with van der Waals surface area (Å²) >= 11 is 0. The number of amides is 2. The van der Waals surface area contributed by atoms with Crippen LogP contribution in [0.1, 0.15) is 43.4 Å². The molecule has 19 heavy (non-hydrogen) atoms. The molecule has 0 bridgehead atoms. The highest BCUT2D eigenvalue weighted by molar-refractivity contribution is 6.04. The summed E-state index contributed by atoms with van der Waals surface area (Å²) in [5, 5.41) is 7.18. The Morgan fingerprint density at radius 1 is 1.32 bits per heavy atom. The smallest absolute Gasteiger partial charge is 0.334 e. The third-order valence-corrected chi connectivity index (χ3v) is 3.78. The normalized spacial score (nSPS) is 20.5. The highest BCUT2D eigenvalue weighted by Crippen LogP contribution is 2.19. The number of aromatic nitrogens is 1. The van der Waals surface area contributed by atoms with Gasteiger partial charge in [-0.05, 0) is 37.8 Å². The van der Waals surface area contributed by atoms with E-state index in [4.69, 9.17) is 0 Å². The minimum atomic E-state index is -0.197. The number of hydrogen-bond donors (Lipinski definition) is 2. The summed E-state index contributed by atoms with van der Waals surface area (Å²) in [5.41, 5.74) is 5.65. The van der Waals surface area contributed by atoms with Gasteiger partial charge in [0.2, 0.25) is 0 Å². The number of nitrogens with one attached hydrogen (secondary N) is 2. The van der Waals surface area contributed by atoms with Crippen LogP contribution < -0.4 is 10.7 Å². The fraction of sp³-hybridized carbons (Fsp3) is 0.500. The fourth-order valence-corrected chi connectivity index (χ4v) is 2.79. The Bertz CT molecular complexity index is 506. The zero-order chi connectivity index (χ0) is 13.1. The van der Waals surface area contributed by atoms with E-state index in [1.165, 1.54) is 12.8 Å². The fourth-order valence-electron chi connectivity index (χ4n) is 2.79. The lowest BCUT2D eigenvalue weighted by Crippen LogP contribution is -2.39. The molecule has 0 aromatic carbocycles. The van der Waals surface area contributed by atoms with Gasteiger partial charge in [0.25, 0.3) is 0 Å². The molecule has 0 spiro atoms. The van der Waals surface area contributed by atoms with E-state index in [9.17, 15) is 4.79 Å². The van der Waals surface area contributed by atoms with Crippen molar-refractivity contribution in [1.29, 1.82) is 0 Å². The van der Waals surface area contributed by atoms with Crippen molar-refractivity contribution in [3.63, 3.8) is 0 Å². The van der Waals surface area contributed by atoms with Gasteiger partial charge in [-0.2, -0.15) is 5.10 Å². The maximum absolute atomic E-state index is 11.7. The van der Waals surface area contributed by atoms with Gasteiger partial charge in [-0.25, -0.2) is 10.2 Å². The molecule has 0 atom stereocenters. The first kappa shape index (κ1) is 12.1. The lowest BCUT2D eigenvalue weighted by Gasteiger charge is -2.11. The van der Waals surface area contributed by atoms with E-state index in [-0.39, 0.29) is 6.03 Å². The number of pyridine rings is 1. The second kappa shape index (κ2) is 5.38. The minimum Gasteiger partial charge on any atom is -0.334 e. The van der Waals surface area contributed by atoms with Gasteiger partial charge in [0.1, 0.15) is 0 Å². The number of carbonyl (C=O) groups is 1. The van der Waals surface area contributed by atoms with Gasteiger partial charge in [0, 0.05) is 23.5 Å². The second-order valence-corrected chi connectivity index (χ2v) is 5.12. The highest BCUT2D eigenvalue weighted by atomic mass is 16.2. The predicted molar refractivity (Wildman–Crippen MR) is 73.0 cm³/mol. The summed E-state index contributed by atoms with van der Waals surface area (Å²) in [6, 6.07) is 4.03. The number of carbonyl (C=O) groups excluding carboxylic acids is 1. The molecule has 5 heteroatoms. The lowest BCUT2D eigenvalue weighted by atomic mass is 10.2. The van der Waals surface area contributed by atoms with Gasteiger partial charge in [-0.15, -0.1) is 0 Å². The van der Waals surface area contributed by atoms with Crippen LogP contribution in [0.5, 0.6) is 0 Å². The molecule has 2 N–H and O–H groups in total. The van der Waals surface area contributed by atoms with Crippen LogP contribution in [-0.2, 0) is 6.42 Å². The van der Waals surface area contributed by atoms with Gasteiger partial charge in [-0.1, -0.05) is 12.8 Å². The molecule has 3 rings (SSSR count). The molecule has 2 amide bonds. The number of nitrogens with zero attached hydrogens (tertiary/aromatic N) is 2. The Morgan fingerprint density at radius 3 is 3.00 bits per heavy atom. The zero-order valence-electron chi connectivity index (χ0n) is 10.9. The summed E-state index contributed by atoms with van der Waals surface area (Å²) in [5.74, 6) is 0. The molecule has 0 saturated heterocycles. The maximum Gasteiger partial charge on any atom is 0.335 e. The number of hydrazone groups is 1. The number of hydrogen-bond acceptors (Lipinski definition) is 3.